The van der Waals surface area contributed by atoms with E-state index in [1.807, 2.05) is 36.6 Å². The van der Waals surface area contributed by atoms with Crippen molar-refractivity contribution >= 4 is 56.6 Å². The summed E-state index contributed by atoms with van der Waals surface area (Å²) in [4.78, 5) is 28.7. The molecule has 0 aliphatic heterocycles. The van der Waals surface area contributed by atoms with Crippen LogP contribution in [0.25, 0.3) is 11.3 Å². The number of esters is 1. The van der Waals surface area contributed by atoms with Crippen LogP contribution in [0.15, 0.2) is 62.7 Å². The molecule has 0 bridgehead atoms. The van der Waals surface area contributed by atoms with Crippen molar-refractivity contribution in [3.05, 3.63) is 63.9 Å². The number of hydrogen-bond acceptors (Lipinski definition) is 6. The van der Waals surface area contributed by atoms with Crippen LogP contribution < -0.4 is 5.32 Å². The second kappa shape index (κ2) is 11.3. The van der Waals surface area contributed by atoms with E-state index in [0.717, 1.165) is 32.9 Å². The van der Waals surface area contributed by atoms with E-state index in [1.54, 1.807) is 24.3 Å². The minimum Gasteiger partial charge on any atom is -0.462 e. The SMILES string of the molecule is CCCCOC(=O)c1ccc(NC(=O)CSc2nc(-c3ccc(Br)cc3)cs2)cc1. The fourth-order valence-corrected chi connectivity index (χ4v) is 4.38. The molecule has 2 aromatic carbocycles. The second-order valence-electron chi connectivity index (χ2n) is 6.41. The number of unbranched alkanes of at least 4 members (excludes halogenated alkanes) is 1. The molecule has 3 rings (SSSR count). The number of carbonyl (C=O) groups excluding carboxylic acids is 2. The van der Waals surface area contributed by atoms with Gasteiger partial charge in [-0.1, -0.05) is 53.2 Å². The van der Waals surface area contributed by atoms with E-state index in [-0.39, 0.29) is 17.6 Å². The molecule has 8 heteroatoms. The van der Waals surface area contributed by atoms with Crippen molar-refractivity contribution in [3.8, 4) is 11.3 Å². The third-order valence-electron chi connectivity index (χ3n) is 4.09. The predicted octanol–water partition coefficient (Wildman–Crippen LogP) is 6.26. The highest BCUT2D eigenvalue weighted by atomic mass is 79.9. The first-order valence-corrected chi connectivity index (χ1v) is 12.1. The summed E-state index contributed by atoms with van der Waals surface area (Å²) in [5, 5.41) is 4.82. The maximum atomic E-state index is 12.2. The fourth-order valence-electron chi connectivity index (χ4n) is 2.48. The van der Waals surface area contributed by atoms with E-state index in [2.05, 4.69) is 26.2 Å². The normalized spacial score (nSPS) is 10.6. The number of thioether (sulfide) groups is 1. The number of nitrogens with zero attached hydrogens (tertiary/aromatic N) is 1. The summed E-state index contributed by atoms with van der Waals surface area (Å²) < 4.78 is 7.04. The van der Waals surface area contributed by atoms with Crippen molar-refractivity contribution in [1.82, 2.24) is 4.98 Å². The lowest BCUT2D eigenvalue weighted by Gasteiger charge is -2.06. The lowest BCUT2D eigenvalue weighted by atomic mass is 10.2. The molecule has 0 spiro atoms. The quantitative estimate of drug-likeness (QED) is 0.211. The summed E-state index contributed by atoms with van der Waals surface area (Å²) >= 11 is 6.34. The van der Waals surface area contributed by atoms with Crippen LogP contribution in [-0.2, 0) is 9.53 Å². The lowest BCUT2D eigenvalue weighted by molar-refractivity contribution is -0.113. The van der Waals surface area contributed by atoms with Crippen molar-refractivity contribution < 1.29 is 14.3 Å². The summed E-state index contributed by atoms with van der Waals surface area (Å²) in [7, 11) is 0. The molecule has 0 saturated carbocycles. The Balaban J connectivity index is 1.48. The zero-order valence-electron chi connectivity index (χ0n) is 16.4. The average molecular weight is 505 g/mol. The van der Waals surface area contributed by atoms with Gasteiger partial charge in [0.1, 0.15) is 0 Å². The van der Waals surface area contributed by atoms with E-state index in [4.69, 9.17) is 4.74 Å². The highest BCUT2D eigenvalue weighted by Gasteiger charge is 2.10. The first kappa shape index (κ1) is 22.5. The van der Waals surface area contributed by atoms with Crippen LogP contribution in [0, 0.1) is 0 Å². The van der Waals surface area contributed by atoms with Crippen LogP contribution in [0.3, 0.4) is 0 Å². The molecule has 0 unspecified atom stereocenters. The topological polar surface area (TPSA) is 68.3 Å². The number of thiazole rings is 1. The van der Waals surface area contributed by atoms with Gasteiger partial charge in [-0.2, -0.15) is 0 Å². The second-order valence-corrected chi connectivity index (χ2v) is 9.41. The Morgan fingerprint density at radius 2 is 1.87 bits per heavy atom. The summed E-state index contributed by atoms with van der Waals surface area (Å²) in [5.74, 6) is -0.213. The molecule has 156 valence electrons. The minimum absolute atomic E-state index is 0.126. The Kier molecular flexibility index (Phi) is 8.48. The van der Waals surface area contributed by atoms with Gasteiger partial charge < -0.3 is 10.1 Å². The van der Waals surface area contributed by atoms with Gasteiger partial charge in [-0.3, -0.25) is 4.79 Å². The van der Waals surface area contributed by atoms with Gasteiger partial charge in [0.2, 0.25) is 5.91 Å². The summed E-state index contributed by atoms with van der Waals surface area (Å²) in [6, 6.07) is 14.7. The molecule has 3 aromatic rings. The van der Waals surface area contributed by atoms with Crippen LogP contribution >= 0.6 is 39.0 Å². The highest BCUT2D eigenvalue weighted by molar-refractivity contribution is 9.10. The zero-order chi connectivity index (χ0) is 21.3. The average Bonchev–Trinajstić information content (AvgIpc) is 3.22. The van der Waals surface area contributed by atoms with Crippen LogP contribution in [0.5, 0.6) is 0 Å². The van der Waals surface area contributed by atoms with Gasteiger partial charge in [0, 0.05) is 21.1 Å². The summed E-state index contributed by atoms with van der Waals surface area (Å²) in [6.07, 6.45) is 1.82. The molecular formula is C22H21BrN2O3S2. The number of ether oxygens (including phenoxy) is 1. The maximum absolute atomic E-state index is 12.2. The zero-order valence-corrected chi connectivity index (χ0v) is 19.6. The Hall–Kier alpha value is -2.16. The maximum Gasteiger partial charge on any atom is 0.338 e. The summed E-state index contributed by atoms with van der Waals surface area (Å²) in [5.41, 5.74) is 3.05. The van der Waals surface area contributed by atoms with Gasteiger partial charge in [-0.05, 0) is 42.8 Å². The van der Waals surface area contributed by atoms with Crippen molar-refractivity contribution in [2.75, 3.05) is 17.7 Å². The molecule has 0 radical (unpaired) electrons. The first-order chi connectivity index (χ1) is 14.5. The standard InChI is InChI=1S/C22H21BrN2O3S2/c1-2-3-12-28-21(27)16-6-10-18(11-7-16)24-20(26)14-30-22-25-19(13-29-22)15-4-8-17(23)9-5-15/h4-11,13H,2-3,12,14H2,1H3,(H,24,26). The smallest absolute Gasteiger partial charge is 0.338 e. The molecule has 0 aliphatic rings. The monoisotopic (exact) mass is 504 g/mol. The molecule has 0 fully saturated rings. The first-order valence-electron chi connectivity index (χ1n) is 9.46. The molecule has 5 nitrogen and oxygen atoms in total. The van der Waals surface area contributed by atoms with Gasteiger partial charge in [-0.25, -0.2) is 9.78 Å². The minimum atomic E-state index is -0.345. The molecule has 1 aromatic heterocycles. The Morgan fingerprint density at radius 3 is 2.57 bits per heavy atom. The van der Waals surface area contributed by atoms with Crippen molar-refractivity contribution in [3.63, 3.8) is 0 Å². The van der Waals surface area contributed by atoms with Crippen LogP contribution in [0.4, 0.5) is 5.69 Å². The molecule has 0 atom stereocenters. The van der Waals surface area contributed by atoms with Gasteiger partial charge in [0.15, 0.2) is 4.34 Å². The Morgan fingerprint density at radius 1 is 1.13 bits per heavy atom. The number of rotatable bonds is 9. The Bertz CT molecular complexity index is 988. The van der Waals surface area contributed by atoms with Crippen molar-refractivity contribution in [1.29, 1.82) is 0 Å². The van der Waals surface area contributed by atoms with Crippen molar-refractivity contribution in [2.45, 2.75) is 24.1 Å². The summed E-state index contributed by atoms with van der Waals surface area (Å²) in [6.45, 7) is 2.46. The van der Waals surface area contributed by atoms with E-state index in [9.17, 15) is 9.59 Å². The number of halogens is 1. The largest absolute Gasteiger partial charge is 0.462 e. The third-order valence-corrected chi connectivity index (χ3v) is 6.63. The number of hydrogen-bond donors (Lipinski definition) is 1. The lowest BCUT2D eigenvalue weighted by Crippen LogP contribution is -2.14. The Labute approximate surface area is 192 Å². The van der Waals surface area contributed by atoms with E-state index in [0.29, 0.717) is 17.9 Å². The predicted molar refractivity (Wildman–Crippen MR) is 126 cm³/mol. The molecule has 30 heavy (non-hydrogen) atoms. The number of aromatic nitrogens is 1. The number of benzene rings is 2. The van der Waals surface area contributed by atoms with Gasteiger partial charge >= 0.3 is 5.97 Å². The number of anilines is 1. The highest BCUT2D eigenvalue weighted by Crippen LogP contribution is 2.29. The van der Waals surface area contributed by atoms with E-state index in [1.165, 1.54) is 23.1 Å². The van der Waals surface area contributed by atoms with Crippen LogP contribution in [-0.4, -0.2) is 29.2 Å². The van der Waals surface area contributed by atoms with Gasteiger partial charge in [-0.15, -0.1) is 11.3 Å². The number of nitrogens with one attached hydrogen (secondary N) is 1. The van der Waals surface area contributed by atoms with E-state index < -0.39 is 0 Å². The van der Waals surface area contributed by atoms with Crippen LogP contribution in [0.2, 0.25) is 0 Å². The molecule has 1 N–H and O–H groups in total. The fraction of sp³-hybridized carbons (Fsp3) is 0.227. The van der Waals surface area contributed by atoms with Crippen LogP contribution in [0.1, 0.15) is 30.1 Å². The van der Waals surface area contributed by atoms with E-state index >= 15 is 0 Å². The molecule has 0 aliphatic carbocycles. The third kappa shape index (κ3) is 6.68. The van der Waals surface area contributed by atoms with Gasteiger partial charge in [0.05, 0.1) is 23.6 Å². The molecule has 1 heterocycles. The number of carbonyl (C=O) groups is 2. The molecule has 0 saturated heterocycles. The number of amides is 1. The molecular weight excluding hydrogens is 484 g/mol. The molecule has 1 amide bonds. The van der Waals surface area contributed by atoms with Crippen molar-refractivity contribution in [2.24, 2.45) is 0 Å². The van der Waals surface area contributed by atoms with Gasteiger partial charge in [0.25, 0.3) is 0 Å².